The van der Waals surface area contributed by atoms with Crippen molar-refractivity contribution in [1.29, 1.82) is 0 Å². The summed E-state index contributed by atoms with van der Waals surface area (Å²) in [6.07, 6.45) is 5.91. The molecule has 0 N–H and O–H groups in total. The smallest absolute Gasteiger partial charge is 0.159 e. The first-order valence-electron chi connectivity index (χ1n) is 5.32. The molecule has 0 atom stereocenters. The highest BCUT2D eigenvalue weighted by molar-refractivity contribution is 7.80. The molecular formula is C11H22OS. The molecule has 0 fully saturated rings. The fraction of sp³-hybridized carbons (Fsp3) is 0.909. The third-order valence-corrected chi connectivity index (χ3v) is 2.12. The van der Waals surface area contributed by atoms with Crippen molar-refractivity contribution in [2.75, 3.05) is 6.61 Å². The minimum Gasteiger partial charge on any atom is -0.487 e. The molecule has 0 amide bonds. The van der Waals surface area contributed by atoms with Gasteiger partial charge in [0.15, 0.2) is 5.05 Å². The Balaban J connectivity index is 3.17. The normalized spacial score (nSPS) is 10.5. The summed E-state index contributed by atoms with van der Waals surface area (Å²) in [4.78, 5) is 0. The molecule has 0 aliphatic carbocycles. The molecule has 0 aliphatic heterocycles. The Morgan fingerprint density at radius 1 is 1.23 bits per heavy atom. The zero-order chi connectivity index (χ0) is 10.1. The Morgan fingerprint density at radius 3 is 2.46 bits per heavy atom. The van der Waals surface area contributed by atoms with E-state index in [-0.39, 0.29) is 0 Å². The summed E-state index contributed by atoms with van der Waals surface area (Å²) in [5, 5.41) is 0.784. The van der Waals surface area contributed by atoms with Crippen molar-refractivity contribution >= 4 is 17.3 Å². The van der Waals surface area contributed by atoms with Crippen LogP contribution in [0.25, 0.3) is 0 Å². The van der Waals surface area contributed by atoms with Gasteiger partial charge in [0.05, 0.1) is 6.61 Å². The van der Waals surface area contributed by atoms with Crippen molar-refractivity contribution in [3.8, 4) is 0 Å². The van der Waals surface area contributed by atoms with Gasteiger partial charge in [0.25, 0.3) is 0 Å². The topological polar surface area (TPSA) is 9.23 Å². The molecule has 13 heavy (non-hydrogen) atoms. The van der Waals surface area contributed by atoms with Crippen LogP contribution in [0.5, 0.6) is 0 Å². The second-order valence-corrected chi connectivity index (χ2v) is 4.33. The first-order valence-corrected chi connectivity index (χ1v) is 5.73. The molecule has 0 spiro atoms. The lowest BCUT2D eigenvalue weighted by molar-refractivity contribution is 0.288. The van der Waals surface area contributed by atoms with Crippen LogP contribution in [0, 0.1) is 5.92 Å². The maximum atomic E-state index is 5.43. The van der Waals surface area contributed by atoms with E-state index in [1.807, 2.05) is 0 Å². The average Bonchev–Trinajstić information content (AvgIpc) is 2.02. The Hall–Kier alpha value is -0.110. The molecule has 0 heterocycles. The molecule has 0 aromatic rings. The minimum absolute atomic E-state index is 0.614. The largest absolute Gasteiger partial charge is 0.487 e. The van der Waals surface area contributed by atoms with Gasteiger partial charge in [-0.3, -0.25) is 0 Å². The number of hydrogen-bond acceptors (Lipinski definition) is 2. The van der Waals surface area contributed by atoms with Gasteiger partial charge in [-0.15, -0.1) is 0 Å². The Kier molecular flexibility index (Phi) is 8.41. The third-order valence-electron chi connectivity index (χ3n) is 1.84. The van der Waals surface area contributed by atoms with Crippen molar-refractivity contribution in [3.63, 3.8) is 0 Å². The van der Waals surface area contributed by atoms with Crippen LogP contribution in [0.2, 0.25) is 0 Å². The van der Waals surface area contributed by atoms with Crippen LogP contribution < -0.4 is 0 Å². The Morgan fingerprint density at radius 2 is 1.92 bits per heavy atom. The summed E-state index contributed by atoms with van der Waals surface area (Å²) in [6.45, 7) is 7.34. The number of hydrogen-bond donors (Lipinski definition) is 0. The first kappa shape index (κ1) is 12.9. The van der Waals surface area contributed by atoms with Crippen molar-refractivity contribution in [1.82, 2.24) is 0 Å². The number of thiocarbonyl (C=S) groups is 1. The highest BCUT2D eigenvalue weighted by atomic mass is 32.1. The van der Waals surface area contributed by atoms with Gasteiger partial charge in [-0.25, -0.2) is 0 Å². The van der Waals surface area contributed by atoms with E-state index in [0.717, 1.165) is 24.5 Å². The molecule has 0 radical (unpaired) electrons. The van der Waals surface area contributed by atoms with E-state index in [4.69, 9.17) is 17.0 Å². The SMILES string of the molecule is CCCCCCOC(=S)CC(C)C. The highest BCUT2D eigenvalue weighted by Gasteiger charge is 2.00. The highest BCUT2D eigenvalue weighted by Crippen LogP contribution is 2.05. The molecule has 0 saturated carbocycles. The zero-order valence-corrected chi connectivity index (χ0v) is 9.95. The molecule has 2 heteroatoms. The maximum Gasteiger partial charge on any atom is 0.159 e. The molecule has 0 aromatic heterocycles. The average molecular weight is 202 g/mol. The number of ether oxygens (including phenoxy) is 1. The van der Waals surface area contributed by atoms with E-state index in [1.165, 1.54) is 19.3 Å². The second-order valence-electron chi connectivity index (χ2n) is 3.88. The Labute approximate surface area is 87.9 Å². The van der Waals surface area contributed by atoms with Gasteiger partial charge < -0.3 is 4.74 Å². The second kappa shape index (κ2) is 8.49. The number of rotatable bonds is 7. The molecule has 0 bridgehead atoms. The van der Waals surface area contributed by atoms with Crippen molar-refractivity contribution in [2.45, 2.75) is 52.9 Å². The molecular weight excluding hydrogens is 180 g/mol. The van der Waals surface area contributed by atoms with Gasteiger partial charge in [0.2, 0.25) is 0 Å². The lowest BCUT2D eigenvalue weighted by atomic mass is 10.1. The predicted molar refractivity (Wildman–Crippen MR) is 62.1 cm³/mol. The van der Waals surface area contributed by atoms with Crippen molar-refractivity contribution < 1.29 is 4.74 Å². The third kappa shape index (κ3) is 9.81. The van der Waals surface area contributed by atoms with E-state index >= 15 is 0 Å². The van der Waals surface area contributed by atoms with E-state index in [1.54, 1.807) is 0 Å². The van der Waals surface area contributed by atoms with E-state index in [9.17, 15) is 0 Å². The fourth-order valence-corrected chi connectivity index (χ4v) is 1.52. The molecule has 0 saturated heterocycles. The molecule has 0 unspecified atom stereocenters. The van der Waals surface area contributed by atoms with Crippen LogP contribution in [-0.2, 0) is 4.74 Å². The van der Waals surface area contributed by atoms with Gasteiger partial charge in [0.1, 0.15) is 0 Å². The predicted octanol–water partition coefficient (Wildman–Crippen LogP) is 3.96. The molecule has 78 valence electrons. The summed E-state index contributed by atoms with van der Waals surface area (Å²) in [5.41, 5.74) is 0. The van der Waals surface area contributed by atoms with Crippen molar-refractivity contribution in [2.24, 2.45) is 5.92 Å². The fourth-order valence-electron chi connectivity index (χ4n) is 1.11. The van der Waals surface area contributed by atoms with Gasteiger partial charge >= 0.3 is 0 Å². The quantitative estimate of drug-likeness (QED) is 0.456. The van der Waals surface area contributed by atoms with Gasteiger partial charge in [-0.05, 0) is 24.6 Å². The summed E-state index contributed by atoms with van der Waals surface area (Å²) >= 11 is 5.09. The maximum absolute atomic E-state index is 5.43. The van der Waals surface area contributed by atoms with Crippen LogP contribution in [0.1, 0.15) is 52.9 Å². The van der Waals surface area contributed by atoms with Crippen LogP contribution in [-0.4, -0.2) is 11.7 Å². The van der Waals surface area contributed by atoms with E-state index in [0.29, 0.717) is 5.92 Å². The van der Waals surface area contributed by atoms with Crippen LogP contribution >= 0.6 is 12.2 Å². The first-order chi connectivity index (χ1) is 6.16. The van der Waals surface area contributed by atoms with Crippen LogP contribution in [0.3, 0.4) is 0 Å². The Bertz CT molecular complexity index is 132. The number of unbranched alkanes of at least 4 members (excludes halogenated alkanes) is 3. The molecule has 0 aromatic carbocycles. The van der Waals surface area contributed by atoms with E-state index < -0.39 is 0 Å². The molecule has 1 nitrogen and oxygen atoms in total. The lowest BCUT2D eigenvalue weighted by Crippen LogP contribution is -2.06. The summed E-state index contributed by atoms with van der Waals surface area (Å²) in [7, 11) is 0. The molecule has 0 rings (SSSR count). The standard InChI is InChI=1S/C11H22OS/c1-4-5-6-7-8-12-11(13)9-10(2)3/h10H,4-9H2,1-3H3. The molecule has 0 aliphatic rings. The van der Waals surface area contributed by atoms with Gasteiger partial charge in [0, 0.05) is 6.42 Å². The van der Waals surface area contributed by atoms with Crippen LogP contribution in [0.15, 0.2) is 0 Å². The lowest BCUT2D eigenvalue weighted by Gasteiger charge is -2.08. The minimum atomic E-state index is 0.614. The summed E-state index contributed by atoms with van der Waals surface area (Å²) in [5.74, 6) is 0.614. The summed E-state index contributed by atoms with van der Waals surface area (Å²) < 4.78 is 5.43. The van der Waals surface area contributed by atoms with Gasteiger partial charge in [-0.2, -0.15) is 0 Å². The van der Waals surface area contributed by atoms with E-state index in [2.05, 4.69) is 20.8 Å². The van der Waals surface area contributed by atoms with Crippen molar-refractivity contribution in [3.05, 3.63) is 0 Å². The zero-order valence-electron chi connectivity index (χ0n) is 9.14. The monoisotopic (exact) mass is 202 g/mol. The van der Waals surface area contributed by atoms with Crippen LogP contribution in [0.4, 0.5) is 0 Å². The van der Waals surface area contributed by atoms with Gasteiger partial charge in [-0.1, -0.05) is 40.0 Å². The summed E-state index contributed by atoms with van der Waals surface area (Å²) in [6, 6.07) is 0.